The highest BCUT2D eigenvalue weighted by Crippen LogP contribution is 2.35. The molecule has 0 fully saturated rings. The van der Waals surface area contributed by atoms with E-state index in [1.54, 1.807) is 31.2 Å². The van der Waals surface area contributed by atoms with Crippen LogP contribution >= 0.6 is 11.3 Å². The van der Waals surface area contributed by atoms with Crippen LogP contribution in [0.1, 0.15) is 34.4 Å². The van der Waals surface area contributed by atoms with Gasteiger partial charge in [-0.2, -0.15) is 0 Å². The Balaban J connectivity index is 1.52. The van der Waals surface area contributed by atoms with Gasteiger partial charge in [-0.05, 0) is 37.6 Å². The van der Waals surface area contributed by atoms with Crippen LogP contribution in [0.5, 0.6) is 0 Å². The molecule has 4 aromatic rings. The number of nitrogens with zero attached hydrogens (tertiary/aromatic N) is 1. The molecule has 0 saturated carbocycles. The number of hydrogen-bond donors (Lipinski definition) is 2. The summed E-state index contributed by atoms with van der Waals surface area (Å²) in [5, 5.41) is 3.33. The summed E-state index contributed by atoms with van der Waals surface area (Å²) in [5.41, 5.74) is 2.85. The van der Waals surface area contributed by atoms with Gasteiger partial charge in [0.2, 0.25) is 5.91 Å². The van der Waals surface area contributed by atoms with Crippen molar-refractivity contribution in [2.75, 3.05) is 11.9 Å². The van der Waals surface area contributed by atoms with Gasteiger partial charge in [0, 0.05) is 17.7 Å². The molecule has 0 bridgehead atoms. The first-order chi connectivity index (χ1) is 15.9. The molecule has 2 N–H and O–H groups in total. The first kappa shape index (κ1) is 22.4. The molecule has 0 saturated heterocycles. The third kappa shape index (κ3) is 5.18. The van der Waals surface area contributed by atoms with Crippen LogP contribution in [0.4, 0.5) is 5.69 Å². The fourth-order valence-electron chi connectivity index (χ4n) is 3.39. The van der Waals surface area contributed by atoms with Crippen LogP contribution in [0.3, 0.4) is 0 Å². The lowest BCUT2D eigenvalue weighted by molar-refractivity contribution is -0.116. The quantitative estimate of drug-likeness (QED) is 0.388. The van der Waals surface area contributed by atoms with Crippen molar-refractivity contribution in [1.82, 2.24) is 9.97 Å². The second-order valence-corrected chi connectivity index (χ2v) is 8.57. The lowest BCUT2D eigenvalue weighted by Gasteiger charge is -2.06. The Labute approximate surface area is 194 Å². The monoisotopic (exact) mass is 461 g/mol. The van der Waals surface area contributed by atoms with Crippen LogP contribution in [0, 0.1) is 6.92 Å². The Morgan fingerprint density at radius 1 is 1.12 bits per heavy atom. The molecular weight excluding hydrogens is 438 g/mol. The van der Waals surface area contributed by atoms with Crippen LogP contribution in [-0.2, 0) is 16.0 Å². The molecule has 0 aliphatic carbocycles. The van der Waals surface area contributed by atoms with E-state index in [1.165, 1.54) is 11.3 Å². The number of benzene rings is 2. The van der Waals surface area contributed by atoms with Crippen molar-refractivity contribution in [3.8, 4) is 10.4 Å². The van der Waals surface area contributed by atoms with Crippen molar-refractivity contribution >= 4 is 39.8 Å². The fourth-order valence-corrected chi connectivity index (χ4v) is 4.40. The fraction of sp³-hybridized carbons (Fsp3) is 0.200. The highest BCUT2D eigenvalue weighted by Gasteiger charge is 2.20. The Morgan fingerprint density at radius 2 is 1.88 bits per heavy atom. The summed E-state index contributed by atoms with van der Waals surface area (Å²) in [7, 11) is 0. The van der Waals surface area contributed by atoms with E-state index in [1.807, 2.05) is 37.3 Å². The molecule has 0 radical (unpaired) electrons. The van der Waals surface area contributed by atoms with E-state index in [-0.39, 0.29) is 30.9 Å². The number of carbonyl (C=O) groups excluding carboxylic acids is 2. The highest BCUT2D eigenvalue weighted by molar-refractivity contribution is 7.18. The van der Waals surface area contributed by atoms with E-state index in [9.17, 15) is 14.4 Å². The number of aryl methyl sites for hydroxylation is 2. The molecular formula is C25H23N3O4S. The zero-order valence-corrected chi connectivity index (χ0v) is 19.1. The Morgan fingerprint density at radius 3 is 2.64 bits per heavy atom. The van der Waals surface area contributed by atoms with E-state index in [2.05, 4.69) is 15.3 Å². The van der Waals surface area contributed by atoms with Crippen LogP contribution in [0.15, 0.2) is 59.4 Å². The molecule has 168 valence electrons. The average Bonchev–Trinajstić information content (AvgIpc) is 3.22. The van der Waals surface area contributed by atoms with Crippen LogP contribution < -0.4 is 10.9 Å². The van der Waals surface area contributed by atoms with Crippen LogP contribution in [0.25, 0.3) is 21.3 Å². The molecule has 33 heavy (non-hydrogen) atoms. The van der Waals surface area contributed by atoms with Crippen molar-refractivity contribution in [2.45, 2.75) is 26.7 Å². The number of ether oxygens (including phenoxy) is 1. The van der Waals surface area contributed by atoms with Gasteiger partial charge in [-0.25, -0.2) is 9.78 Å². The summed E-state index contributed by atoms with van der Waals surface area (Å²) < 4.78 is 5.17. The van der Waals surface area contributed by atoms with Gasteiger partial charge in [-0.3, -0.25) is 9.59 Å². The predicted octanol–water partition coefficient (Wildman–Crippen LogP) is 4.71. The third-order valence-electron chi connectivity index (χ3n) is 5.05. The summed E-state index contributed by atoms with van der Waals surface area (Å²) >= 11 is 1.28. The lowest BCUT2D eigenvalue weighted by atomic mass is 10.1. The Hall–Kier alpha value is -3.78. The lowest BCUT2D eigenvalue weighted by Crippen LogP contribution is -2.17. The number of amides is 1. The molecule has 7 nitrogen and oxygen atoms in total. The number of anilines is 1. The molecule has 8 heteroatoms. The largest absolute Gasteiger partial charge is 0.462 e. The number of H-pyrrole nitrogens is 1. The number of aromatic nitrogens is 2. The minimum absolute atomic E-state index is 0.0965. The topological polar surface area (TPSA) is 101 Å². The Kier molecular flexibility index (Phi) is 6.65. The minimum Gasteiger partial charge on any atom is -0.462 e. The number of esters is 1. The van der Waals surface area contributed by atoms with Crippen molar-refractivity contribution in [2.24, 2.45) is 0 Å². The minimum atomic E-state index is -0.475. The number of para-hydroxylation sites is 1. The summed E-state index contributed by atoms with van der Waals surface area (Å²) in [6.07, 6.45) is 0.356. The first-order valence-corrected chi connectivity index (χ1v) is 11.4. The number of aromatic amines is 1. The maximum atomic E-state index is 12.7. The third-order valence-corrected chi connectivity index (χ3v) is 6.22. The molecule has 0 atom stereocenters. The number of rotatable bonds is 7. The average molecular weight is 462 g/mol. The molecule has 2 aromatic heterocycles. The molecule has 0 spiro atoms. The van der Waals surface area contributed by atoms with Gasteiger partial charge in [0.15, 0.2) is 0 Å². The molecule has 4 rings (SSSR count). The van der Waals surface area contributed by atoms with Crippen molar-refractivity contribution in [1.29, 1.82) is 0 Å². The molecule has 0 aliphatic heterocycles. The van der Waals surface area contributed by atoms with Gasteiger partial charge in [-0.15, -0.1) is 11.3 Å². The molecule has 2 aromatic carbocycles. The first-order valence-electron chi connectivity index (χ1n) is 10.6. The van der Waals surface area contributed by atoms with Crippen LogP contribution in [-0.4, -0.2) is 28.5 Å². The van der Waals surface area contributed by atoms with E-state index in [4.69, 9.17) is 4.74 Å². The number of carbonyl (C=O) groups is 2. The van der Waals surface area contributed by atoms with Gasteiger partial charge >= 0.3 is 5.97 Å². The predicted molar refractivity (Wildman–Crippen MR) is 130 cm³/mol. The number of fused-ring (bicyclic) bond motifs is 1. The smallest absolute Gasteiger partial charge is 0.350 e. The van der Waals surface area contributed by atoms with Crippen molar-refractivity contribution in [3.05, 3.63) is 81.2 Å². The second-order valence-electron chi connectivity index (χ2n) is 7.52. The van der Waals surface area contributed by atoms with Gasteiger partial charge in [0.05, 0.1) is 23.2 Å². The van der Waals surface area contributed by atoms with Gasteiger partial charge < -0.3 is 15.0 Å². The molecule has 0 aliphatic rings. The summed E-state index contributed by atoms with van der Waals surface area (Å²) in [4.78, 5) is 45.7. The summed E-state index contributed by atoms with van der Waals surface area (Å²) in [6.45, 7) is 3.98. The molecule has 2 heterocycles. The highest BCUT2D eigenvalue weighted by atomic mass is 32.1. The number of nitrogens with one attached hydrogen (secondary N) is 2. The summed E-state index contributed by atoms with van der Waals surface area (Å²) in [6, 6.07) is 16.8. The van der Waals surface area contributed by atoms with Gasteiger partial charge in [0.25, 0.3) is 5.56 Å². The zero-order chi connectivity index (χ0) is 23.4. The normalized spacial score (nSPS) is 10.8. The van der Waals surface area contributed by atoms with Gasteiger partial charge in [0.1, 0.15) is 10.7 Å². The van der Waals surface area contributed by atoms with E-state index < -0.39 is 5.97 Å². The molecule has 0 unspecified atom stereocenters. The van der Waals surface area contributed by atoms with E-state index in [0.717, 1.165) is 16.0 Å². The van der Waals surface area contributed by atoms with Crippen LogP contribution in [0.2, 0.25) is 0 Å². The maximum Gasteiger partial charge on any atom is 0.350 e. The van der Waals surface area contributed by atoms with Gasteiger partial charge in [-0.1, -0.05) is 42.0 Å². The standard InChI is InChI=1S/C25H23N3O4S/c1-3-32-25(31)23-19(14-20(33-23)16-10-8-15(2)9-11-16)27-22(29)13-12-21-26-18-7-5-4-6-17(18)24(30)28-21/h4-11,14H,3,12-13H2,1-2H3,(H,27,29)(H,26,28,30). The SMILES string of the molecule is CCOC(=O)c1sc(-c2ccc(C)cc2)cc1NC(=O)CCc1nc2ccccc2c(=O)[nH]1. The number of hydrogen-bond acceptors (Lipinski definition) is 6. The Bertz CT molecular complexity index is 1370. The summed E-state index contributed by atoms with van der Waals surface area (Å²) in [5.74, 6) is -0.327. The molecule has 1 amide bonds. The second kappa shape index (κ2) is 9.79. The van der Waals surface area contributed by atoms with E-state index >= 15 is 0 Å². The van der Waals surface area contributed by atoms with Crippen molar-refractivity contribution < 1.29 is 14.3 Å². The number of thiophene rings is 1. The zero-order valence-electron chi connectivity index (χ0n) is 18.3. The van der Waals surface area contributed by atoms with Crippen molar-refractivity contribution in [3.63, 3.8) is 0 Å². The van der Waals surface area contributed by atoms with E-state index in [0.29, 0.717) is 27.3 Å². The maximum absolute atomic E-state index is 12.7.